The van der Waals surface area contributed by atoms with E-state index in [0.29, 0.717) is 23.4 Å². The molecule has 3 aromatic rings. The molecule has 0 radical (unpaired) electrons. The quantitative estimate of drug-likeness (QED) is 0.103. The Morgan fingerprint density at radius 3 is 2.59 bits per heavy atom. The van der Waals surface area contributed by atoms with E-state index in [-0.39, 0.29) is 29.7 Å². The van der Waals surface area contributed by atoms with Gasteiger partial charge < -0.3 is 23.5 Å². The van der Waals surface area contributed by atoms with Crippen LogP contribution in [0.5, 0.6) is 17.2 Å². The minimum absolute atomic E-state index is 0.00757. The number of nitrogens with one attached hydrogen (secondary N) is 1. The van der Waals surface area contributed by atoms with Crippen LogP contribution in [0.4, 0.5) is 8.78 Å². The van der Waals surface area contributed by atoms with Crippen LogP contribution in [0, 0.1) is 17.0 Å². The molecule has 0 amide bonds. The van der Waals surface area contributed by atoms with Crippen LogP contribution in [0.3, 0.4) is 0 Å². The summed E-state index contributed by atoms with van der Waals surface area (Å²) >= 11 is 1.21. The number of thioether (sulfide) groups is 1. The van der Waals surface area contributed by atoms with Crippen molar-refractivity contribution >= 4 is 35.8 Å². The Kier molecular flexibility index (Phi) is 8.75. The average Bonchev–Trinajstić information content (AvgIpc) is 3.20. The van der Waals surface area contributed by atoms with E-state index in [1.165, 1.54) is 37.1 Å². The Morgan fingerprint density at radius 2 is 1.91 bits per heavy atom. The van der Waals surface area contributed by atoms with Gasteiger partial charge in [0, 0.05) is 39.4 Å². The van der Waals surface area contributed by atoms with Gasteiger partial charge in [0.25, 0.3) is 0 Å². The zero-order chi connectivity index (χ0) is 24.9. The van der Waals surface area contributed by atoms with Crippen molar-refractivity contribution < 1.29 is 27.7 Å². The molecule has 0 saturated heterocycles. The van der Waals surface area contributed by atoms with Crippen LogP contribution in [0.25, 0.3) is 10.9 Å². The molecule has 0 aliphatic rings. The molecule has 0 aliphatic carbocycles. The molecule has 0 spiro atoms. The summed E-state index contributed by atoms with van der Waals surface area (Å²) in [7, 11) is 0.272. The van der Waals surface area contributed by atoms with Crippen LogP contribution in [-0.4, -0.2) is 44.5 Å². The number of benzene rings is 2. The first-order valence-electron chi connectivity index (χ1n) is 10.8. The van der Waals surface area contributed by atoms with Crippen molar-refractivity contribution in [1.82, 2.24) is 4.57 Å². The molecule has 1 N–H and O–H groups in total. The molecule has 184 valence electrons. The maximum Gasteiger partial charge on any atom is 0.199 e. The fourth-order valence-electron chi connectivity index (χ4n) is 3.22. The zero-order valence-electron chi connectivity index (χ0n) is 20.0. The highest BCUT2D eigenvalue weighted by Gasteiger charge is 2.20. The van der Waals surface area contributed by atoms with E-state index in [0.717, 1.165) is 6.04 Å². The summed E-state index contributed by atoms with van der Waals surface area (Å²) in [6.45, 7) is 7.63. The normalized spacial score (nSPS) is 11.7. The SMILES string of the molecule is COCOc1ccc(Oc2c(F)cc3c(ccn3COCC[Si](C)(C)C)c2F)cc1C(=N)SC. The van der Waals surface area contributed by atoms with Crippen LogP contribution in [0.1, 0.15) is 5.56 Å². The summed E-state index contributed by atoms with van der Waals surface area (Å²) in [4.78, 5) is 0. The largest absolute Gasteiger partial charge is 0.467 e. The van der Waals surface area contributed by atoms with Gasteiger partial charge in [0.05, 0.1) is 16.1 Å². The first-order valence-corrected chi connectivity index (χ1v) is 15.7. The molecule has 0 atom stereocenters. The van der Waals surface area contributed by atoms with E-state index >= 15 is 4.39 Å². The van der Waals surface area contributed by atoms with Crippen molar-refractivity contribution in [3.05, 3.63) is 53.7 Å². The molecule has 6 nitrogen and oxygen atoms in total. The number of hydrogen-bond acceptors (Lipinski definition) is 6. The van der Waals surface area contributed by atoms with Crippen LogP contribution in [0.15, 0.2) is 36.5 Å². The second-order valence-corrected chi connectivity index (χ2v) is 15.3. The number of methoxy groups -OCH3 is 1. The summed E-state index contributed by atoms with van der Waals surface area (Å²) in [5.74, 6) is -1.52. The predicted octanol–water partition coefficient (Wildman–Crippen LogP) is 6.70. The van der Waals surface area contributed by atoms with Crippen molar-refractivity contribution in [2.75, 3.05) is 26.8 Å². The van der Waals surface area contributed by atoms with Crippen molar-refractivity contribution in [2.45, 2.75) is 32.4 Å². The van der Waals surface area contributed by atoms with Gasteiger partial charge in [0.15, 0.2) is 24.2 Å². The number of aromatic nitrogens is 1. The summed E-state index contributed by atoms with van der Waals surface area (Å²) < 4.78 is 53.6. The molecular weight excluding hydrogens is 478 g/mol. The Bertz CT molecular complexity index is 1160. The number of ether oxygens (including phenoxy) is 4. The molecule has 0 unspecified atom stereocenters. The molecule has 34 heavy (non-hydrogen) atoms. The molecule has 10 heteroatoms. The standard InChI is InChI=1S/C24H30F2N2O4SSi/c1-29-15-31-21-7-6-16(12-18(21)24(27)33-2)32-23-19(25)13-20-17(22(23)26)8-9-28(20)14-30-10-11-34(3,4)5/h6-9,12-13,27H,10-11,14-15H2,1-5H3. The van der Waals surface area contributed by atoms with E-state index < -0.39 is 25.5 Å². The molecule has 3 rings (SSSR count). The van der Waals surface area contributed by atoms with Gasteiger partial charge >= 0.3 is 0 Å². The van der Waals surface area contributed by atoms with Crippen LogP contribution >= 0.6 is 11.8 Å². The highest BCUT2D eigenvalue weighted by Crippen LogP contribution is 2.36. The Hall–Kier alpha value is -2.40. The third-order valence-corrected chi connectivity index (χ3v) is 7.43. The number of hydrogen-bond donors (Lipinski definition) is 1. The second-order valence-electron chi connectivity index (χ2n) is 8.91. The lowest BCUT2D eigenvalue weighted by molar-refractivity contribution is 0.0510. The van der Waals surface area contributed by atoms with E-state index in [9.17, 15) is 4.39 Å². The van der Waals surface area contributed by atoms with Crippen LogP contribution < -0.4 is 9.47 Å². The van der Waals surface area contributed by atoms with Gasteiger partial charge in [-0.05, 0) is 36.6 Å². The summed E-state index contributed by atoms with van der Waals surface area (Å²) in [5, 5.41) is 8.62. The highest BCUT2D eigenvalue weighted by atomic mass is 32.2. The van der Waals surface area contributed by atoms with Gasteiger partial charge in [0.2, 0.25) is 0 Å². The highest BCUT2D eigenvalue weighted by molar-refractivity contribution is 8.13. The minimum atomic E-state index is -1.22. The summed E-state index contributed by atoms with van der Waals surface area (Å²) in [6, 6.07) is 8.47. The van der Waals surface area contributed by atoms with Gasteiger partial charge in [-0.25, -0.2) is 8.78 Å². The van der Waals surface area contributed by atoms with Gasteiger partial charge in [-0.2, -0.15) is 0 Å². The van der Waals surface area contributed by atoms with Crippen molar-refractivity contribution in [1.29, 1.82) is 5.41 Å². The Balaban J connectivity index is 1.84. The smallest absolute Gasteiger partial charge is 0.199 e. The Morgan fingerprint density at radius 1 is 1.15 bits per heavy atom. The third-order valence-electron chi connectivity index (χ3n) is 5.10. The molecule has 1 aromatic heterocycles. The fraction of sp³-hybridized carbons (Fsp3) is 0.375. The molecule has 0 saturated carbocycles. The van der Waals surface area contributed by atoms with Crippen LogP contribution in [-0.2, 0) is 16.2 Å². The number of fused-ring (bicyclic) bond motifs is 1. The molecule has 1 heterocycles. The van der Waals surface area contributed by atoms with E-state index in [1.54, 1.807) is 29.2 Å². The van der Waals surface area contributed by atoms with Crippen molar-refractivity contribution in [3.63, 3.8) is 0 Å². The monoisotopic (exact) mass is 508 g/mol. The molecule has 0 aliphatic heterocycles. The topological polar surface area (TPSA) is 65.7 Å². The number of halogens is 2. The lowest BCUT2D eigenvalue weighted by atomic mass is 10.2. The molecular formula is C24H30F2N2O4SSi. The number of rotatable bonds is 11. The van der Waals surface area contributed by atoms with Gasteiger partial charge in [0.1, 0.15) is 18.2 Å². The van der Waals surface area contributed by atoms with E-state index in [1.807, 2.05) is 0 Å². The van der Waals surface area contributed by atoms with E-state index in [4.69, 9.17) is 24.4 Å². The Labute approximate surface area is 203 Å². The summed E-state index contributed by atoms with van der Waals surface area (Å²) in [5.41, 5.74) is 0.828. The lowest BCUT2D eigenvalue weighted by Gasteiger charge is -2.16. The molecule has 0 fully saturated rings. The maximum atomic E-state index is 15.2. The van der Waals surface area contributed by atoms with Gasteiger partial charge in [-0.3, -0.25) is 5.41 Å². The zero-order valence-corrected chi connectivity index (χ0v) is 21.9. The second kappa shape index (κ2) is 11.3. The van der Waals surface area contributed by atoms with E-state index in [2.05, 4.69) is 19.6 Å². The first-order chi connectivity index (χ1) is 16.1. The van der Waals surface area contributed by atoms with Crippen molar-refractivity contribution in [2.24, 2.45) is 0 Å². The first kappa shape index (κ1) is 26.2. The third kappa shape index (κ3) is 6.38. The van der Waals surface area contributed by atoms with Gasteiger partial charge in [-0.1, -0.05) is 19.6 Å². The number of nitrogens with zero attached hydrogens (tertiary/aromatic N) is 1. The summed E-state index contributed by atoms with van der Waals surface area (Å²) in [6.07, 6.45) is 3.42. The minimum Gasteiger partial charge on any atom is -0.467 e. The average molecular weight is 509 g/mol. The van der Waals surface area contributed by atoms with Gasteiger partial charge in [-0.15, -0.1) is 11.8 Å². The molecule has 0 bridgehead atoms. The van der Waals surface area contributed by atoms with Crippen molar-refractivity contribution in [3.8, 4) is 17.2 Å². The molecule has 2 aromatic carbocycles. The maximum absolute atomic E-state index is 15.2. The van der Waals surface area contributed by atoms with Crippen LogP contribution in [0.2, 0.25) is 25.7 Å². The fourth-order valence-corrected chi connectivity index (χ4v) is 4.35. The predicted molar refractivity (Wildman–Crippen MR) is 135 cm³/mol. The lowest BCUT2D eigenvalue weighted by Crippen LogP contribution is -2.21.